The number of rotatable bonds is 5. The van der Waals surface area contributed by atoms with Crippen LogP contribution in [0.15, 0.2) is 46.7 Å². The van der Waals surface area contributed by atoms with Gasteiger partial charge in [0.2, 0.25) is 10.0 Å². The normalized spacial score (nSPS) is 12.8. The highest BCUT2D eigenvalue weighted by Gasteiger charge is 2.19. The lowest BCUT2D eigenvalue weighted by molar-refractivity contribution is 0.563. The molecule has 1 aromatic heterocycles. The summed E-state index contributed by atoms with van der Waals surface area (Å²) in [5.41, 5.74) is 8.25. The van der Waals surface area contributed by atoms with Crippen LogP contribution in [0.4, 0.5) is 0 Å². The van der Waals surface area contributed by atoms with Crippen molar-refractivity contribution in [3.8, 4) is 0 Å². The van der Waals surface area contributed by atoms with E-state index >= 15 is 0 Å². The van der Waals surface area contributed by atoms with Gasteiger partial charge in [0.15, 0.2) is 0 Å². The predicted molar refractivity (Wildman–Crippen MR) is 75.5 cm³/mol. The Morgan fingerprint density at radius 3 is 3.00 bits per heavy atom. The van der Waals surface area contributed by atoms with Crippen molar-refractivity contribution in [2.45, 2.75) is 17.9 Å². The highest BCUT2D eigenvalue weighted by Crippen LogP contribution is 2.21. The molecule has 8 heteroatoms. The number of nitrogens with zero attached hydrogens (tertiary/aromatic N) is 4. The Morgan fingerprint density at radius 1 is 1.45 bits per heavy atom. The van der Waals surface area contributed by atoms with E-state index in [-0.39, 0.29) is 11.4 Å². The van der Waals surface area contributed by atoms with Gasteiger partial charge in [0.1, 0.15) is 0 Å². The highest BCUT2D eigenvalue weighted by atomic mass is 32.2. The van der Waals surface area contributed by atoms with Gasteiger partial charge < -0.3 is 0 Å². The molecular formula is C12H13N5O2S. The van der Waals surface area contributed by atoms with Gasteiger partial charge >= 0.3 is 0 Å². The Hall–Kier alpha value is -2.15. The van der Waals surface area contributed by atoms with Crippen molar-refractivity contribution in [3.63, 3.8) is 0 Å². The number of benzene rings is 1. The zero-order chi connectivity index (χ0) is 14.6. The van der Waals surface area contributed by atoms with Gasteiger partial charge in [-0.2, -0.15) is 0 Å². The van der Waals surface area contributed by atoms with Crippen molar-refractivity contribution >= 4 is 20.8 Å². The average molecular weight is 291 g/mol. The molecule has 1 aromatic carbocycles. The SMILES string of the molecule is C[C@@H](CN=[N+]=[N-])NS(=O)(=O)c1cccc2cnccc12. The number of hydrogen-bond donors (Lipinski definition) is 1. The zero-order valence-corrected chi connectivity index (χ0v) is 11.6. The summed E-state index contributed by atoms with van der Waals surface area (Å²) in [6.45, 7) is 1.70. The first-order chi connectivity index (χ1) is 9.54. The van der Waals surface area contributed by atoms with Gasteiger partial charge in [-0.05, 0) is 24.6 Å². The Bertz CT molecular complexity index is 763. The third kappa shape index (κ3) is 3.05. The van der Waals surface area contributed by atoms with Crippen molar-refractivity contribution in [1.82, 2.24) is 9.71 Å². The molecule has 20 heavy (non-hydrogen) atoms. The lowest BCUT2D eigenvalue weighted by atomic mass is 10.2. The summed E-state index contributed by atoms with van der Waals surface area (Å²) in [5.74, 6) is 0. The van der Waals surface area contributed by atoms with E-state index in [9.17, 15) is 8.42 Å². The van der Waals surface area contributed by atoms with Gasteiger partial charge in [0.25, 0.3) is 0 Å². The first-order valence-electron chi connectivity index (χ1n) is 5.90. The summed E-state index contributed by atoms with van der Waals surface area (Å²) in [4.78, 5) is 6.76. The van der Waals surface area contributed by atoms with Gasteiger partial charge in [-0.15, -0.1) is 0 Å². The predicted octanol–water partition coefficient (Wildman–Crippen LogP) is 2.21. The first kappa shape index (κ1) is 14.3. The van der Waals surface area contributed by atoms with Gasteiger partial charge in [-0.1, -0.05) is 17.2 Å². The van der Waals surface area contributed by atoms with Crippen LogP contribution in [0.1, 0.15) is 6.92 Å². The number of nitrogens with one attached hydrogen (secondary N) is 1. The molecule has 0 fully saturated rings. The fourth-order valence-corrected chi connectivity index (χ4v) is 3.32. The van der Waals surface area contributed by atoms with Crippen LogP contribution in [0.3, 0.4) is 0 Å². The maximum atomic E-state index is 12.4. The minimum atomic E-state index is -3.68. The van der Waals surface area contributed by atoms with Crippen LogP contribution < -0.4 is 4.72 Å². The number of aromatic nitrogens is 1. The van der Waals surface area contributed by atoms with Crippen LogP contribution in [0, 0.1) is 0 Å². The van der Waals surface area contributed by atoms with Crippen molar-refractivity contribution in [2.75, 3.05) is 6.54 Å². The van der Waals surface area contributed by atoms with Crippen LogP contribution >= 0.6 is 0 Å². The van der Waals surface area contributed by atoms with Crippen LogP contribution in [-0.2, 0) is 10.0 Å². The second-order valence-corrected chi connectivity index (χ2v) is 5.97. The molecule has 0 spiro atoms. The van der Waals surface area contributed by atoms with Crippen LogP contribution in [0.2, 0.25) is 0 Å². The molecule has 1 heterocycles. The van der Waals surface area contributed by atoms with E-state index in [1.165, 1.54) is 6.07 Å². The van der Waals surface area contributed by atoms with Crippen molar-refractivity contribution in [1.29, 1.82) is 0 Å². The van der Waals surface area contributed by atoms with E-state index < -0.39 is 16.1 Å². The molecule has 0 unspecified atom stereocenters. The Balaban J connectivity index is 2.39. The summed E-state index contributed by atoms with van der Waals surface area (Å²) in [7, 11) is -3.68. The molecule has 104 valence electrons. The average Bonchev–Trinajstić information content (AvgIpc) is 2.44. The second-order valence-electron chi connectivity index (χ2n) is 4.29. The minimum absolute atomic E-state index is 0.0576. The molecule has 7 nitrogen and oxygen atoms in total. The fourth-order valence-electron chi connectivity index (χ4n) is 1.85. The monoisotopic (exact) mass is 291 g/mol. The largest absolute Gasteiger partial charge is 0.264 e. The van der Waals surface area contributed by atoms with Crippen LogP contribution in [-0.4, -0.2) is 26.0 Å². The molecule has 0 saturated carbocycles. The minimum Gasteiger partial charge on any atom is -0.264 e. The topological polar surface area (TPSA) is 108 Å². The number of sulfonamides is 1. The number of fused-ring (bicyclic) bond motifs is 1. The van der Waals surface area contributed by atoms with E-state index in [2.05, 4.69) is 19.7 Å². The lowest BCUT2D eigenvalue weighted by Gasteiger charge is -2.13. The van der Waals surface area contributed by atoms with E-state index in [1.54, 1.807) is 37.5 Å². The smallest absolute Gasteiger partial charge is 0.241 e. The van der Waals surface area contributed by atoms with Gasteiger partial charge in [0, 0.05) is 40.7 Å². The number of hydrogen-bond acceptors (Lipinski definition) is 4. The van der Waals surface area contributed by atoms with Crippen LogP contribution in [0.5, 0.6) is 0 Å². The zero-order valence-electron chi connectivity index (χ0n) is 10.8. The maximum Gasteiger partial charge on any atom is 0.241 e. The van der Waals surface area contributed by atoms with Crippen LogP contribution in [0.25, 0.3) is 21.2 Å². The van der Waals surface area contributed by atoms with Gasteiger partial charge in [-0.25, -0.2) is 13.1 Å². The lowest BCUT2D eigenvalue weighted by Crippen LogP contribution is -2.34. The second kappa shape index (κ2) is 5.87. The van der Waals surface area contributed by atoms with Crippen molar-refractivity contribution in [3.05, 3.63) is 47.1 Å². The summed E-state index contributed by atoms with van der Waals surface area (Å²) < 4.78 is 27.2. The summed E-state index contributed by atoms with van der Waals surface area (Å²) in [5, 5.41) is 4.71. The van der Waals surface area contributed by atoms with Gasteiger partial charge in [-0.3, -0.25) is 4.98 Å². The van der Waals surface area contributed by atoms with E-state index in [1.807, 2.05) is 0 Å². The van der Waals surface area contributed by atoms with Crippen molar-refractivity contribution < 1.29 is 8.42 Å². The fraction of sp³-hybridized carbons (Fsp3) is 0.250. The Morgan fingerprint density at radius 2 is 2.25 bits per heavy atom. The quantitative estimate of drug-likeness (QED) is 0.518. The first-order valence-corrected chi connectivity index (χ1v) is 7.39. The molecule has 0 amide bonds. The van der Waals surface area contributed by atoms with E-state index in [0.717, 1.165) is 5.39 Å². The third-order valence-electron chi connectivity index (χ3n) is 2.71. The molecule has 2 rings (SSSR count). The number of pyridine rings is 1. The molecule has 0 aliphatic carbocycles. The Labute approximate surface area is 116 Å². The van der Waals surface area contributed by atoms with Crippen molar-refractivity contribution in [2.24, 2.45) is 5.11 Å². The molecule has 0 aliphatic heterocycles. The summed E-state index contributed by atoms with van der Waals surface area (Å²) in [6.07, 6.45) is 3.16. The molecule has 1 atom stereocenters. The maximum absolute atomic E-state index is 12.4. The summed E-state index contributed by atoms with van der Waals surface area (Å²) >= 11 is 0. The standard InChI is InChI=1S/C12H13N5O2S/c1-9(7-15-17-13)16-20(18,19)12-4-2-3-10-8-14-6-5-11(10)12/h2-6,8-9,16H,7H2,1H3/t9-/m0/s1. The summed E-state index contributed by atoms with van der Waals surface area (Å²) in [6, 6.07) is 6.17. The molecule has 1 N–H and O–H groups in total. The molecule has 0 bridgehead atoms. The van der Waals surface area contributed by atoms with E-state index in [4.69, 9.17) is 5.53 Å². The number of azide groups is 1. The third-order valence-corrected chi connectivity index (χ3v) is 4.35. The highest BCUT2D eigenvalue weighted by molar-refractivity contribution is 7.89. The molecule has 2 aromatic rings. The van der Waals surface area contributed by atoms with Gasteiger partial charge in [0.05, 0.1) is 4.90 Å². The molecule has 0 radical (unpaired) electrons. The molecule has 0 saturated heterocycles. The molecular weight excluding hydrogens is 278 g/mol. The van der Waals surface area contributed by atoms with E-state index in [0.29, 0.717) is 5.39 Å². The molecule has 0 aliphatic rings. The Kier molecular flexibility index (Phi) is 4.19.